The fourth-order valence-corrected chi connectivity index (χ4v) is 2.95. The molecule has 0 bridgehead atoms. The first kappa shape index (κ1) is 15.7. The maximum absolute atomic E-state index is 12.0. The first-order valence-corrected chi connectivity index (χ1v) is 7.87. The molecule has 2 aromatic carbocycles. The second-order valence-corrected chi connectivity index (χ2v) is 6.24. The van der Waals surface area contributed by atoms with Gasteiger partial charge in [-0.1, -0.05) is 23.7 Å². The van der Waals surface area contributed by atoms with Crippen LogP contribution < -0.4 is 11.1 Å². The molecule has 3 nitrogen and oxygen atoms in total. The highest BCUT2D eigenvalue weighted by Gasteiger charge is 2.08. The van der Waals surface area contributed by atoms with E-state index in [1.54, 1.807) is 12.1 Å². The van der Waals surface area contributed by atoms with E-state index in [-0.39, 0.29) is 5.91 Å². The lowest BCUT2D eigenvalue weighted by atomic mass is 10.2. The van der Waals surface area contributed by atoms with E-state index in [2.05, 4.69) is 5.32 Å². The molecule has 0 fully saturated rings. The van der Waals surface area contributed by atoms with Gasteiger partial charge in [0.2, 0.25) is 5.91 Å². The zero-order valence-electron chi connectivity index (χ0n) is 11.9. The molecule has 0 aliphatic heterocycles. The largest absolute Gasteiger partial charge is 0.398 e. The number of hydrogen-bond donors (Lipinski definition) is 2. The number of nitrogens with one attached hydrogen (secondary N) is 1. The molecule has 110 valence electrons. The molecule has 0 radical (unpaired) electrons. The van der Waals surface area contributed by atoms with Crippen molar-refractivity contribution in [3.63, 3.8) is 0 Å². The van der Waals surface area contributed by atoms with Gasteiger partial charge in [0.1, 0.15) is 0 Å². The molecule has 21 heavy (non-hydrogen) atoms. The van der Waals surface area contributed by atoms with Gasteiger partial charge in [0.25, 0.3) is 0 Å². The summed E-state index contributed by atoms with van der Waals surface area (Å²) in [6.45, 7) is 3.86. The molecule has 2 aromatic rings. The standard InChI is InChI=1S/C16H17ClN2OS/c1-10-4-3-5-14(16(10)18)21-9-15(20)19-13-7-6-12(17)8-11(13)2/h3-8H,9,18H2,1-2H3,(H,19,20). The summed E-state index contributed by atoms with van der Waals surface area (Å²) < 4.78 is 0. The van der Waals surface area contributed by atoms with Gasteiger partial charge in [-0.15, -0.1) is 11.8 Å². The van der Waals surface area contributed by atoms with Crippen LogP contribution in [-0.2, 0) is 4.79 Å². The lowest BCUT2D eigenvalue weighted by molar-refractivity contribution is -0.113. The van der Waals surface area contributed by atoms with E-state index >= 15 is 0 Å². The third kappa shape index (κ3) is 4.16. The average Bonchev–Trinajstić information content (AvgIpc) is 2.43. The minimum Gasteiger partial charge on any atom is -0.398 e. The van der Waals surface area contributed by atoms with Gasteiger partial charge in [0, 0.05) is 21.3 Å². The number of nitrogen functional groups attached to an aromatic ring is 1. The van der Waals surface area contributed by atoms with Crippen molar-refractivity contribution in [2.75, 3.05) is 16.8 Å². The minimum atomic E-state index is -0.0636. The second kappa shape index (κ2) is 6.87. The first-order valence-electron chi connectivity index (χ1n) is 6.51. The van der Waals surface area contributed by atoms with Gasteiger partial charge in [-0.3, -0.25) is 4.79 Å². The van der Waals surface area contributed by atoms with Gasteiger partial charge in [0.05, 0.1) is 5.75 Å². The number of carbonyl (C=O) groups is 1. The van der Waals surface area contributed by atoms with Crippen LogP contribution in [0.5, 0.6) is 0 Å². The molecule has 1 amide bonds. The van der Waals surface area contributed by atoms with Crippen molar-refractivity contribution in [1.82, 2.24) is 0 Å². The predicted octanol–water partition coefficient (Wildman–Crippen LogP) is 4.27. The SMILES string of the molecule is Cc1cc(Cl)ccc1NC(=O)CSc1cccc(C)c1N. The van der Waals surface area contributed by atoms with E-state index in [0.717, 1.165) is 27.4 Å². The van der Waals surface area contributed by atoms with Crippen molar-refractivity contribution >= 4 is 40.6 Å². The Bertz CT molecular complexity index is 673. The van der Waals surface area contributed by atoms with Gasteiger partial charge in [-0.25, -0.2) is 0 Å². The van der Waals surface area contributed by atoms with Crippen molar-refractivity contribution in [3.8, 4) is 0 Å². The molecule has 0 saturated carbocycles. The number of amides is 1. The summed E-state index contributed by atoms with van der Waals surface area (Å²) in [5, 5.41) is 3.54. The monoisotopic (exact) mass is 320 g/mol. The topological polar surface area (TPSA) is 55.1 Å². The van der Waals surface area contributed by atoms with Crippen molar-refractivity contribution in [2.24, 2.45) is 0 Å². The van der Waals surface area contributed by atoms with E-state index in [4.69, 9.17) is 17.3 Å². The average molecular weight is 321 g/mol. The predicted molar refractivity (Wildman–Crippen MR) is 91.1 cm³/mol. The van der Waals surface area contributed by atoms with Crippen LogP contribution in [0, 0.1) is 13.8 Å². The Morgan fingerprint density at radius 2 is 2.00 bits per heavy atom. The number of carbonyl (C=O) groups excluding carboxylic acids is 1. The van der Waals surface area contributed by atoms with Crippen LogP contribution in [0.4, 0.5) is 11.4 Å². The summed E-state index contributed by atoms with van der Waals surface area (Å²) in [5.41, 5.74) is 9.47. The maximum atomic E-state index is 12.0. The summed E-state index contributed by atoms with van der Waals surface area (Å²) in [5.74, 6) is 0.252. The van der Waals surface area contributed by atoms with Crippen LogP contribution in [0.2, 0.25) is 5.02 Å². The summed E-state index contributed by atoms with van der Waals surface area (Å²) in [6.07, 6.45) is 0. The summed E-state index contributed by atoms with van der Waals surface area (Å²) in [6, 6.07) is 11.2. The minimum absolute atomic E-state index is 0.0636. The van der Waals surface area contributed by atoms with Gasteiger partial charge >= 0.3 is 0 Å². The maximum Gasteiger partial charge on any atom is 0.234 e. The van der Waals surface area contributed by atoms with E-state index in [0.29, 0.717) is 10.8 Å². The Kier molecular flexibility index (Phi) is 5.15. The van der Waals surface area contributed by atoms with Crippen molar-refractivity contribution < 1.29 is 4.79 Å². The molecule has 0 aromatic heterocycles. The van der Waals surface area contributed by atoms with Gasteiger partial charge < -0.3 is 11.1 Å². The number of anilines is 2. The van der Waals surface area contributed by atoms with Gasteiger partial charge in [-0.05, 0) is 49.2 Å². The van der Waals surface area contributed by atoms with Crippen LogP contribution in [0.3, 0.4) is 0 Å². The molecule has 0 saturated heterocycles. The molecule has 0 heterocycles. The number of halogens is 1. The van der Waals surface area contributed by atoms with E-state index in [1.807, 2.05) is 38.1 Å². The third-order valence-corrected chi connectivity index (χ3v) is 4.41. The quantitative estimate of drug-likeness (QED) is 0.653. The Labute approximate surface area is 133 Å². The summed E-state index contributed by atoms with van der Waals surface area (Å²) in [7, 11) is 0. The highest BCUT2D eigenvalue weighted by Crippen LogP contribution is 2.27. The Balaban J connectivity index is 1.97. The van der Waals surface area contributed by atoms with Gasteiger partial charge in [-0.2, -0.15) is 0 Å². The fraction of sp³-hybridized carbons (Fsp3) is 0.188. The normalized spacial score (nSPS) is 10.4. The van der Waals surface area contributed by atoms with Crippen molar-refractivity contribution in [2.45, 2.75) is 18.7 Å². The fourth-order valence-electron chi connectivity index (χ4n) is 1.88. The summed E-state index contributed by atoms with van der Waals surface area (Å²) >= 11 is 7.33. The van der Waals surface area contributed by atoms with Crippen LogP contribution in [0.25, 0.3) is 0 Å². The van der Waals surface area contributed by atoms with Crippen LogP contribution in [-0.4, -0.2) is 11.7 Å². The summed E-state index contributed by atoms with van der Waals surface area (Å²) in [4.78, 5) is 12.9. The Hall–Kier alpha value is -1.65. The lowest BCUT2D eigenvalue weighted by Gasteiger charge is -2.10. The molecule has 0 spiro atoms. The van der Waals surface area contributed by atoms with E-state index < -0.39 is 0 Å². The molecular weight excluding hydrogens is 304 g/mol. The molecular formula is C16H17ClN2OS. The van der Waals surface area contributed by atoms with E-state index in [9.17, 15) is 4.79 Å². The van der Waals surface area contributed by atoms with Crippen LogP contribution in [0.1, 0.15) is 11.1 Å². The number of thioether (sulfide) groups is 1. The zero-order valence-corrected chi connectivity index (χ0v) is 13.5. The van der Waals surface area contributed by atoms with Crippen LogP contribution in [0.15, 0.2) is 41.3 Å². The van der Waals surface area contributed by atoms with Crippen molar-refractivity contribution in [1.29, 1.82) is 0 Å². The third-order valence-electron chi connectivity index (χ3n) is 3.11. The van der Waals surface area contributed by atoms with Gasteiger partial charge in [0.15, 0.2) is 0 Å². The molecule has 5 heteroatoms. The number of hydrogen-bond acceptors (Lipinski definition) is 3. The number of nitrogens with two attached hydrogens (primary N) is 1. The number of rotatable bonds is 4. The smallest absolute Gasteiger partial charge is 0.234 e. The molecule has 2 rings (SSSR count). The second-order valence-electron chi connectivity index (χ2n) is 4.78. The number of aryl methyl sites for hydroxylation is 2. The van der Waals surface area contributed by atoms with E-state index in [1.165, 1.54) is 11.8 Å². The number of para-hydroxylation sites is 1. The molecule has 0 atom stereocenters. The molecule has 3 N–H and O–H groups in total. The van der Waals surface area contributed by atoms with Crippen molar-refractivity contribution in [3.05, 3.63) is 52.5 Å². The molecule has 0 unspecified atom stereocenters. The number of benzene rings is 2. The first-order chi connectivity index (χ1) is 9.97. The Morgan fingerprint density at radius 3 is 2.71 bits per heavy atom. The highest BCUT2D eigenvalue weighted by atomic mass is 35.5. The highest BCUT2D eigenvalue weighted by molar-refractivity contribution is 8.00. The lowest BCUT2D eigenvalue weighted by Crippen LogP contribution is -2.15. The zero-order chi connectivity index (χ0) is 15.4. The van der Waals surface area contributed by atoms with Crippen LogP contribution >= 0.6 is 23.4 Å². The molecule has 0 aliphatic rings. The molecule has 0 aliphatic carbocycles. The Morgan fingerprint density at radius 1 is 1.24 bits per heavy atom.